The van der Waals surface area contributed by atoms with Crippen molar-refractivity contribution in [3.05, 3.63) is 64.7 Å². The average molecular weight is 503 g/mol. The van der Waals surface area contributed by atoms with E-state index in [9.17, 15) is 9.18 Å². The van der Waals surface area contributed by atoms with Crippen molar-refractivity contribution >= 4 is 28.4 Å². The van der Waals surface area contributed by atoms with Crippen molar-refractivity contribution in [3.8, 4) is 5.82 Å². The molecular formula is C27H31FN8O. The maximum atomic E-state index is 14.7. The minimum Gasteiger partial charge on any atom is -0.367 e. The molecule has 4 heterocycles. The predicted molar refractivity (Wildman–Crippen MR) is 143 cm³/mol. The molecule has 6 rings (SSSR count). The van der Waals surface area contributed by atoms with E-state index in [0.29, 0.717) is 28.5 Å². The summed E-state index contributed by atoms with van der Waals surface area (Å²) in [6.45, 7) is 6.82. The van der Waals surface area contributed by atoms with Crippen molar-refractivity contribution in [1.82, 2.24) is 29.2 Å². The van der Waals surface area contributed by atoms with Crippen LogP contribution in [0.1, 0.15) is 38.4 Å². The van der Waals surface area contributed by atoms with Gasteiger partial charge >= 0.3 is 0 Å². The molecule has 1 aliphatic heterocycles. The summed E-state index contributed by atoms with van der Waals surface area (Å²) in [6.07, 6.45) is 3.38. The van der Waals surface area contributed by atoms with E-state index in [1.165, 1.54) is 13.8 Å². The van der Waals surface area contributed by atoms with Crippen molar-refractivity contribution in [3.63, 3.8) is 0 Å². The normalized spacial score (nSPS) is 16.9. The van der Waals surface area contributed by atoms with Gasteiger partial charge in [0, 0.05) is 32.4 Å². The molecule has 1 aliphatic carbocycles. The summed E-state index contributed by atoms with van der Waals surface area (Å²) < 4.78 is 18.2. The Morgan fingerprint density at radius 2 is 1.76 bits per heavy atom. The van der Waals surface area contributed by atoms with Crippen LogP contribution >= 0.6 is 0 Å². The monoisotopic (exact) mass is 502 g/mol. The second kappa shape index (κ2) is 8.95. The van der Waals surface area contributed by atoms with Crippen LogP contribution in [-0.4, -0.2) is 62.4 Å². The minimum atomic E-state index is -1.61. The van der Waals surface area contributed by atoms with Crippen molar-refractivity contribution < 1.29 is 4.39 Å². The predicted octanol–water partition coefficient (Wildman–Crippen LogP) is 4.01. The molecule has 37 heavy (non-hydrogen) atoms. The number of nitrogens with zero attached hydrogens (tertiary/aromatic N) is 7. The van der Waals surface area contributed by atoms with Crippen molar-refractivity contribution in [2.24, 2.45) is 0 Å². The highest BCUT2D eigenvalue weighted by molar-refractivity contribution is 5.79. The minimum absolute atomic E-state index is 0.0694. The summed E-state index contributed by atoms with van der Waals surface area (Å²) >= 11 is 0. The van der Waals surface area contributed by atoms with Crippen molar-refractivity contribution in [2.45, 2.75) is 38.4 Å². The quantitative estimate of drug-likeness (QED) is 0.426. The summed E-state index contributed by atoms with van der Waals surface area (Å²) in [5, 5.41) is 3.79. The highest BCUT2D eigenvalue weighted by Crippen LogP contribution is 2.36. The first-order valence-electron chi connectivity index (χ1n) is 12.8. The number of benzene rings is 1. The van der Waals surface area contributed by atoms with E-state index in [1.54, 1.807) is 33.8 Å². The SMILES string of the molecule is CN1CCN(c2ccccc2Nc2ncc3c(=O)n(C4CC4)n(-c4cccc(C(C)(C)F)n4)c3n2)CC1. The van der Waals surface area contributed by atoms with Gasteiger partial charge in [0.25, 0.3) is 5.56 Å². The van der Waals surface area contributed by atoms with Crippen LogP contribution in [0.15, 0.2) is 53.5 Å². The topological polar surface area (TPSA) is 84.1 Å². The second-order valence-electron chi connectivity index (χ2n) is 10.4. The number of alkyl halides is 1. The van der Waals surface area contributed by atoms with E-state index in [0.717, 1.165) is 50.4 Å². The van der Waals surface area contributed by atoms with Crippen LogP contribution in [0.4, 0.5) is 21.7 Å². The lowest BCUT2D eigenvalue weighted by molar-refractivity contribution is 0.214. The van der Waals surface area contributed by atoms with Crippen LogP contribution in [-0.2, 0) is 5.67 Å². The molecule has 1 N–H and O–H groups in total. The summed E-state index contributed by atoms with van der Waals surface area (Å²) in [5.41, 5.74) is 0.975. The molecule has 0 unspecified atom stereocenters. The van der Waals surface area contributed by atoms with Gasteiger partial charge in [-0.1, -0.05) is 18.2 Å². The number of para-hydroxylation sites is 2. The largest absolute Gasteiger partial charge is 0.367 e. The highest BCUT2D eigenvalue weighted by atomic mass is 19.1. The molecule has 2 aliphatic rings. The number of halogens is 1. The Kier molecular flexibility index (Phi) is 5.71. The molecule has 0 atom stereocenters. The van der Waals surface area contributed by atoms with Gasteiger partial charge in [-0.15, -0.1) is 0 Å². The summed E-state index contributed by atoms with van der Waals surface area (Å²) in [6, 6.07) is 13.4. The summed E-state index contributed by atoms with van der Waals surface area (Å²) in [5.74, 6) is 0.850. The van der Waals surface area contributed by atoms with Gasteiger partial charge in [-0.25, -0.2) is 23.7 Å². The fourth-order valence-corrected chi connectivity index (χ4v) is 4.82. The van der Waals surface area contributed by atoms with Crippen molar-refractivity contribution in [2.75, 3.05) is 43.4 Å². The van der Waals surface area contributed by atoms with Crippen LogP contribution in [0.2, 0.25) is 0 Å². The Morgan fingerprint density at radius 1 is 1.00 bits per heavy atom. The molecular weight excluding hydrogens is 471 g/mol. The third-order valence-corrected chi connectivity index (χ3v) is 7.07. The van der Waals surface area contributed by atoms with Gasteiger partial charge in [-0.3, -0.25) is 4.79 Å². The second-order valence-corrected chi connectivity index (χ2v) is 10.4. The van der Waals surface area contributed by atoms with E-state index in [4.69, 9.17) is 4.98 Å². The molecule has 1 saturated carbocycles. The number of aromatic nitrogens is 5. The van der Waals surface area contributed by atoms with Crippen molar-refractivity contribution in [1.29, 1.82) is 0 Å². The Labute approximate surface area is 214 Å². The number of hydrogen-bond donors (Lipinski definition) is 1. The number of piperazine rings is 1. The average Bonchev–Trinajstić information content (AvgIpc) is 3.68. The van der Waals surface area contributed by atoms with E-state index in [2.05, 4.69) is 38.2 Å². The lowest BCUT2D eigenvalue weighted by atomic mass is 10.1. The Morgan fingerprint density at radius 3 is 2.49 bits per heavy atom. The van der Waals surface area contributed by atoms with Gasteiger partial charge in [-0.05, 0) is 58.0 Å². The van der Waals surface area contributed by atoms with Gasteiger partial charge in [0.05, 0.1) is 23.1 Å². The Balaban J connectivity index is 1.43. The molecule has 9 nitrogen and oxygen atoms in total. The van der Waals surface area contributed by atoms with E-state index < -0.39 is 5.67 Å². The molecule has 0 spiro atoms. The first-order valence-corrected chi connectivity index (χ1v) is 12.8. The molecule has 10 heteroatoms. The highest BCUT2D eigenvalue weighted by Gasteiger charge is 2.32. The fourth-order valence-electron chi connectivity index (χ4n) is 4.82. The first kappa shape index (κ1) is 23.6. The maximum absolute atomic E-state index is 14.7. The number of anilines is 3. The standard InChI is InChI=1S/C27H31FN8O/c1-27(2,28)22-9-6-10-23(31-22)36-24-19(25(37)35(36)18-11-12-18)17-29-26(32-24)30-20-7-4-5-8-21(20)34-15-13-33(3)14-16-34/h4-10,17-18H,11-16H2,1-3H3,(H,29,30,32). The number of rotatable bonds is 6. The zero-order valence-corrected chi connectivity index (χ0v) is 21.4. The van der Waals surface area contributed by atoms with Crippen LogP contribution in [0.5, 0.6) is 0 Å². The third-order valence-electron chi connectivity index (χ3n) is 7.07. The molecule has 1 saturated heterocycles. The van der Waals surface area contributed by atoms with Gasteiger partial charge in [0.1, 0.15) is 11.1 Å². The summed E-state index contributed by atoms with van der Waals surface area (Å²) in [7, 11) is 2.14. The molecule has 192 valence electrons. The van der Waals surface area contributed by atoms with Crippen LogP contribution in [0.3, 0.4) is 0 Å². The zero-order valence-electron chi connectivity index (χ0n) is 21.4. The van der Waals surface area contributed by atoms with Gasteiger partial charge in [-0.2, -0.15) is 4.98 Å². The van der Waals surface area contributed by atoms with Gasteiger partial charge in [0.15, 0.2) is 11.5 Å². The molecule has 0 bridgehead atoms. The molecule has 0 radical (unpaired) electrons. The maximum Gasteiger partial charge on any atom is 0.278 e. The van der Waals surface area contributed by atoms with Crippen LogP contribution in [0, 0.1) is 0 Å². The summed E-state index contributed by atoms with van der Waals surface area (Å²) in [4.78, 5) is 31.9. The molecule has 1 aromatic carbocycles. The zero-order chi connectivity index (χ0) is 25.7. The van der Waals surface area contributed by atoms with Crippen LogP contribution < -0.4 is 15.8 Å². The fraction of sp³-hybridized carbons (Fsp3) is 0.407. The smallest absolute Gasteiger partial charge is 0.278 e. The van der Waals surface area contributed by atoms with E-state index in [1.807, 2.05) is 18.2 Å². The molecule has 2 fully saturated rings. The van der Waals surface area contributed by atoms with Gasteiger partial charge in [0.2, 0.25) is 5.95 Å². The molecule has 3 aromatic heterocycles. The lowest BCUT2D eigenvalue weighted by Crippen LogP contribution is -2.44. The Hall–Kier alpha value is -3.79. The van der Waals surface area contributed by atoms with E-state index in [-0.39, 0.29) is 11.6 Å². The number of fused-ring (bicyclic) bond motifs is 1. The number of likely N-dealkylation sites (N-methyl/N-ethyl adjacent to an activating group) is 1. The molecule has 0 amide bonds. The lowest BCUT2D eigenvalue weighted by Gasteiger charge is -2.35. The third kappa shape index (κ3) is 4.46. The van der Waals surface area contributed by atoms with E-state index >= 15 is 0 Å². The number of nitrogens with one attached hydrogen (secondary N) is 1. The van der Waals surface area contributed by atoms with Gasteiger partial charge < -0.3 is 15.1 Å². The van der Waals surface area contributed by atoms with Crippen LogP contribution in [0.25, 0.3) is 16.9 Å². The number of pyridine rings is 1. The first-order chi connectivity index (χ1) is 17.8. The number of hydrogen-bond acceptors (Lipinski definition) is 7. The molecule has 4 aromatic rings. The Bertz CT molecular complexity index is 1510.